The lowest BCUT2D eigenvalue weighted by molar-refractivity contribution is -0.128. The zero-order chi connectivity index (χ0) is 11.8. The zero-order valence-electron chi connectivity index (χ0n) is 10.7. The van der Waals surface area contributed by atoms with E-state index in [-0.39, 0.29) is 5.91 Å². The van der Waals surface area contributed by atoms with Gasteiger partial charge in [-0.25, -0.2) is 0 Å². The lowest BCUT2D eigenvalue weighted by Gasteiger charge is -2.18. The molecular weight excluding hydrogens is 190 g/mol. The molecule has 15 heavy (non-hydrogen) atoms. The van der Waals surface area contributed by atoms with Gasteiger partial charge in [-0.2, -0.15) is 0 Å². The second kappa shape index (κ2) is 7.69. The molecule has 1 amide bonds. The smallest absolute Gasteiger partial charge is 0.219 e. The molecule has 0 aliphatic heterocycles. The Hall–Kier alpha value is -0.570. The topological polar surface area (TPSA) is 29.5 Å². The Labute approximate surface area is 93.8 Å². The third-order valence-electron chi connectivity index (χ3n) is 2.52. The van der Waals surface area contributed by atoms with Crippen LogP contribution in [0.15, 0.2) is 0 Å². The van der Waals surface area contributed by atoms with E-state index >= 15 is 0 Å². The Kier molecular flexibility index (Phi) is 7.39. The minimum atomic E-state index is 0.0911. The Morgan fingerprint density at radius 2 is 1.87 bits per heavy atom. The van der Waals surface area contributed by atoms with Crippen molar-refractivity contribution in [3.05, 3.63) is 0 Å². The molecule has 3 heteroatoms. The minimum Gasteiger partial charge on any atom is -0.377 e. The number of carbonyl (C=O) groups is 1. The predicted octanol–water partition coefficient (Wildman–Crippen LogP) is 2.31. The van der Waals surface area contributed by atoms with E-state index in [4.69, 9.17) is 4.74 Å². The SMILES string of the molecule is CC(=O)N(C)CCOC(C)CCC(C)C. The van der Waals surface area contributed by atoms with Crippen LogP contribution in [0.1, 0.15) is 40.5 Å². The number of nitrogens with zero attached hydrogens (tertiary/aromatic N) is 1. The molecule has 0 aromatic rings. The van der Waals surface area contributed by atoms with Crippen LogP contribution in [0.4, 0.5) is 0 Å². The van der Waals surface area contributed by atoms with Gasteiger partial charge in [0.2, 0.25) is 5.91 Å². The van der Waals surface area contributed by atoms with Crippen molar-refractivity contribution in [2.24, 2.45) is 5.92 Å². The van der Waals surface area contributed by atoms with Crippen molar-refractivity contribution < 1.29 is 9.53 Å². The van der Waals surface area contributed by atoms with Crippen molar-refractivity contribution >= 4 is 5.91 Å². The number of carbonyl (C=O) groups excluding carboxylic acids is 1. The van der Waals surface area contributed by atoms with Gasteiger partial charge in [-0.15, -0.1) is 0 Å². The molecule has 0 aliphatic carbocycles. The highest BCUT2D eigenvalue weighted by Crippen LogP contribution is 2.08. The molecule has 0 bridgehead atoms. The average Bonchev–Trinajstić information content (AvgIpc) is 2.14. The second-order valence-electron chi connectivity index (χ2n) is 4.59. The molecule has 0 heterocycles. The number of hydrogen-bond acceptors (Lipinski definition) is 2. The summed E-state index contributed by atoms with van der Waals surface area (Å²) in [7, 11) is 1.80. The van der Waals surface area contributed by atoms with E-state index in [9.17, 15) is 4.79 Å². The zero-order valence-corrected chi connectivity index (χ0v) is 10.7. The first-order valence-corrected chi connectivity index (χ1v) is 5.76. The fraction of sp³-hybridized carbons (Fsp3) is 0.917. The van der Waals surface area contributed by atoms with Gasteiger partial charge in [0, 0.05) is 20.5 Å². The summed E-state index contributed by atoms with van der Waals surface area (Å²) in [5, 5.41) is 0. The van der Waals surface area contributed by atoms with Crippen molar-refractivity contribution in [2.75, 3.05) is 20.2 Å². The summed E-state index contributed by atoms with van der Waals surface area (Å²) in [6.45, 7) is 9.42. The van der Waals surface area contributed by atoms with Crippen LogP contribution in [0.3, 0.4) is 0 Å². The van der Waals surface area contributed by atoms with Gasteiger partial charge >= 0.3 is 0 Å². The van der Waals surface area contributed by atoms with Crippen molar-refractivity contribution in [1.29, 1.82) is 0 Å². The van der Waals surface area contributed by atoms with Gasteiger partial charge in [0.05, 0.1) is 12.7 Å². The molecule has 0 N–H and O–H groups in total. The number of ether oxygens (including phenoxy) is 1. The monoisotopic (exact) mass is 215 g/mol. The van der Waals surface area contributed by atoms with Crippen LogP contribution in [0, 0.1) is 5.92 Å². The molecule has 1 unspecified atom stereocenters. The fourth-order valence-electron chi connectivity index (χ4n) is 1.20. The summed E-state index contributed by atoms with van der Waals surface area (Å²) in [4.78, 5) is 12.6. The molecule has 0 aliphatic rings. The van der Waals surface area contributed by atoms with Crippen molar-refractivity contribution in [3.63, 3.8) is 0 Å². The minimum absolute atomic E-state index is 0.0911. The van der Waals surface area contributed by atoms with E-state index in [1.807, 2.05) is 0 Å². The summed E-state index contributed by atoms with van der Waals surface area (Å²) in [5.74, 6) is 0.823. The molecule has 0 saturated heterocycles. The normalized spacial score (nSPS) is 12.9. The molecule has 0 aromatic heterocycles. The van der Waals surface area contributed by atoms with Crippen LogP contribution in [0.25, 0.3) is 0 Å². The van der Waals surface area contributed by atoms with Crippen molar-refractivity contribution in [1.82, 2.24) is 4.90 Å². The summed E-state index contributed by atoms with van der Waals surface area (Å²) < 4.78 is 5.62. The van der Waals surface area contributed by atoms with E-state index in [0.29, 0.717) is 19.3 Å². The maximum absolute atomic E-state index is 10.9. The molecule has 0 radical (unpaired) electrons. The highest BCUT2D eigenvalue weighted by atomic mass is 16.5. The summed E-state index contributed by atoms with van der Waals surface area (Å²) in [5.41, 5.74) is 0. The molecule has 0 rings (SSSR count). The van der Waals surface area contributed by atoms with Gasteiger partial charge in [-0.1, -0.05) is 13.8 Å². The van der Waals surface area contributed by atoms with E-state index in [1.165, 1.54) is 6.42 Å². The molecule has 0 aromatic carbocycles. The van der Waals surface area contributed by atoms with Crippen molar-refractivity contribution in [3.8, 4) is 0 Å². The Morgan fingerprint density at radius 1 is 1.27 bits per heavy atom. The van der Waals surface area contributed by atoms with Crippen LogP contribution in [0.5, 0.6) is 0 Å². The number of hydrogen-bond donors (Lipinski definition) is 0. The Bertz CT molecular complexity index is 180. The van der Waals surface area contributed by atoms with Crippen molar-refractivity contribution in [2.45, 2.75) is 46.6 Å². The van der Waals surface area contributed by atoms with Crippen LogP contribution in [-0.4, -0.2) is 37.1 Å². The second-order valence-corrected chi connectivity index (χ2v) is 4.59. The van der Waals surface area contributed by atoms with Crippen LogP contribution in [-0.2, 0) is 9.53 Å². The largest absolute Gasteiger partial charge is 0.377 e. The molecule has 0 spiro atoms. The first-order valence-electron chi connectivity index (χ1n) is 5.76. The summed E-state index contributed by atoms with van der Waals surface area (Å²) >= 11 is 0. The van der Waals surface area contributed by atoms with Gasteiger partial charge in [0.15, 0.2) is 0 Å². The highest BCUT2D eigenvalue weighted by Gasteiger charge is 2.05. The first kappa shape index (κ1) is 14.4. The van der Waals surface area contributed by atoms with Gasteiger partial charge in [-0.3, -0.25) is 4.79 Å². The number of likely N-dealkylation sites (N-methyl/N-ethyl adjacent to an activating group) is 1. The van der Waals surface area contributed by atoms with E-state index in [0.717, 1.165) is 12.3 Å². The highest BCUT2D eigenvalue weighted by molar-refractivity contribution is 5.72. The third kappa shape index (κ3) is 8.43. The maximum Gasteiger partial charge on any atom is 0.219 e. The quantitative estimate of drug-likeness (QED) is 0.652. The first-order chi connectivity index (χ1) is 6.93. The Morgan fingerprint density at radius 3 is 2.33 bits per heavy atom. The van der Waals surface area contributed by atoms with Crippen LogP contribution >= 0.6 is 0 Å². The summed E-state index contributed by atoms with van der Waals surface area (Å²) in [6, 6.07) is 0. The standard InChI is InChI=1S/C12H25NO2/c1-10(2)6-7-11(3)15-9-8-13(5)12(4)14/h10-11H,6-9H2,1-5H3. The third-order valence-corrected chi connectivity index (χ3v) is 2.52. The molecule has 0 fully saturated rings. The van der Waals surface area contributed by atoms with E-state index < -0.39 is 0 Å². The molecule has 90 valence electrons. The summed E-state index contributed by atoms with van der Waals surface area (Å²) in [6.07, 6.45) is 2.60. The molecular formula is C12H25NO2. The molecule has 0 saturated carbocycles. The van der Waals surface area contributed by atoms with Gasteiger partial charge in [-0.05, 0) is 25.7 Å². The lowest BCUT2D eigenvalue weighted by Crippen LogP contribution is -2.28. The van der Waals surface area contributed by atoms with Gasteiger partial charge in [0.1, 0.15) is 0 Å². The molecule has 3 nitrogen and oxygen atoms in total. The van der Waals surface area contributed by atoms with E-state index in [1.54, 1.807) is 18.9 Å². The van der Waals surface area contributed by atoms with Crippen LogP contribution in [0.2, 0.25) is 0 Å². The average molecular weight is 215 g/mol. The maximum atomic E-state index is 10.9. The Balaban J connectivity index is 3.46. The predicted molar refractivity (Wildman–Crippen MR) is 62.8 cm³/mol. The van der Waals surface area contributed by atoms with Gasteiger partial charge < -0.3 is 9.64 Å². The number of amides is 1. The lowest BCUT2D eigenvalue weighted by atomic mass is 10.1. The number of rotatable bonds is 7. The van der Waals surface area contributed by atoms with E-state index in [2.05, 4.69) is 20.8 Å². The molecule has 1 atom stereocenters. The van der Waals surface area contributed by atoms with Crippen LogP contribution < -0.4 is 0 Å². The fourth-order valence-corrected chi connectivity index (χ4v) is 1.20. The van der Waals surface area contributed by atoms with Gasteiger partial charge in [0.25, 0.3) is 0 Å².